The summed E-state index contributed by atoms with van der Waals surface area (Å²) in [5, 5.41) is 7.64. The molecule has 0 bridgehead atoms. The molecular weight excluding hydrogens is 486 g/mol. The molecule has 0 unspecified atom stereocenters. The zero-order valence-corrected chi connectivity index (χ0v) is 23.1. The summed E-state index contributed by atoms with van der Waals surface area (Å²) in [6.45, 7) is 9.43. The third kappa shape index (κ3) is 6.77. The quantitative estimate of drug-likeness (QED) is 0.385. The summed E-state index contributed by atoms with van der Waals surface area (Å²) in [5.74, 6) is -0.482. The van der Waals surface area contributed by atoms with Gasteiger partial charge in [0, 0.05) is 5.54 Å². The number of thiophene rings is 1. The maximum absolute atomic E-state index is 14.0. The maximum Gasteiger partial charge on any atom is 0.261 e. The maximum atomic E-state index is 14.0. The number of hydrogen-bond donors (Lipinski definition) is 2. The SMILES string of the molecule is CCC(C)(C)NC(=O)[C@H](c1cccc(OC)c1)N(C(=O)CNC(=O)c1cccs1)c1c(C)cccc1C. The summed E-state index contributed by atoms with van der Waals surface area (Å²) in [5.41, 5.74) is 2.43. The van der Waals surface area contributed by atoms with Crippen molar-refractivity contribution in [3.05, 3.63) is 81.5 Å². The van der Waals surface area contributed by atoms with Gasteiger partial charge in [0.15, 0.2) is 0 Å². The number of nitrogens with one attached hydrogen (secondary N) is 2. The van der Waals surface area contributed by atoms with E-state index in [0.29, 0.717) is 28.3 Å². The van der Waals surface area contributed by atoms with Gasteiger partial charge in [-0.15, -0.1) is 11.3 Å². The predicted octanol–water partition coefficient (Wildman–Crippen LogP) is 5.18. The molecule has 0 aliphatic rings. The number of nitrogens with zero attached hydrogens (tertiary/aromatic N) is 1. The van der Waals surface area contributed by atoms with Crippen LogP contribution in [0.25, 0.3) is 0 Å². The summed E-state index contributed by atoms with van der Waals surface area (Å²) < 4.78 is 5.43. The van der Waals surface area contributed by atoms with Crippen molar-refractivity contribution in [2.75, 3.05) is 18.6 Å². The van der Waals surface area contributed by atoms with Gasteiger partial charge in [-0.2, -0.15) is 0 Å². The van der Waals surface area contributed by atoms with Gasteiger partial charge in [-0.3, -0.25) is 19.3 Å². The van der Waals surface area contributed by atoms with Crippen molar-refractivity contribution in [3.8, 4) is 5.75 Å². The third-order valence-electron chi connectivity index (χ3n) is 6.36. The molecule has 3 amide bonds. The highest BCUT2D eigenvalue weighted by atomic mass is 32.1. The molecule has 8 heteroatoms. The highest BCUT2D eigenvalue weighted by molar-refractivity contribution is 7.12. The number of methoxy groups -OCH3 is 1. The average Bonchev–Trinajstić information content (AvgIpc) is 3.41. The molecule has 1 aromatic heterocycles. The Morgan fingerprint density at radius 2 is 1.70 bits per heavy atom. The van der Waals surface area contributed by atoms with Crippen molar-refractivity contribution < 1.29 is 19.1 Å². The molecule has 3 rings (SSSR count). The van der Waals surface area contributed by atoms with E-state index in [9.17, 15) is 14.4 Å². The van der Waals surface area contributed by atoms with Gasteiger partial charge in [0.25, 0.3) is 5.91 Å². The molecule has 0 aliphatic heterocycles. The van der Waals surface area contributed by atoms with Crippen LogP contribution in [0.5, 0.6) is 5.75 Å². The topological polar surface area (TPSA) is 87.7 Å². The zero-order valence-electron chi connectivity index (χ0n) is 22.3. The zero-order chi connectivity index (χ0) is 27.2. The minimum atomic E-state index is -0.994. The van der Waals surface area contributed by atoms with E-state index in [1.54, 1.807) is 42.8 Å². The lowest BCUT2D eigenvalue weighted by atomic mass is 9.96. The summed E-state index contributed by atoms with van der Waals surface area (Å²) in [6.07, 6.45) is 0.706. The van der Waals surface area contributed by atoms with Crippen LogP contribution in [0.1, 0.15) is 59.6 Å². The molecule has 3 aromatic rings. The number of aryl methyl sites for hydroxylation is 2. The minimum absolute atomic E-state index is 0.268. The lowest BCUT2D eigenvalue weighted by Crippen LogP contribution is -2.52. The van der Waals surface area contributed by atoms with Crippen LogP contribution >= 0.6 is 11.3 Å². The largest absolute Gasteiger partial charge is 0.497 e. The van der Waals surface area contributed by atoms with Crippen molar-refractivity contribution in [1.29, 1.82) is 0 Å². The van der Waals surface area contributed by atoms with Crippen LogP contribution in [-0.2, 0) is 9.59 Å². The van der Waals surface area contributed by atoms with Gasteiger partial charge in [0.1, 0.15) is 11.8 Å². The van der Waals surface area contributed by atoms with E-state index in [1.165, 1.54) is 16.2 Å². The first-order chi connectivity index (χ1) is 17.6. The number of rotatable bonds is 10. The van der Waals surface area contributed by atoms with Crippen LogP contribution in [0.3, 0.4) is 0 Å². The van der Waals surface area contributed by atoms with Gasteiger partial charge in [0.2, 0.25) is 11.8 Å². The fourth-order valence-corrected chi connectivity index (χ4v) is 4.68. The van der Waals surface area contributed by atoms with E-state index in [4.69, 9.17) is 4.74 Å². The Labute approximate surface area is 222 Å². The number of amides is 3. The Balaban J connectivity index is 2.12. The van der Waals surface area contributed by atoms with Gasteiger partial charge in [0.05, 0.1) is 24.2 Å². The van der Waals surface area contributed by atoms with E-state index in [-0.39, 0.29) is 18.4 Å². The van der Waals surface area contributed by atoms with Gasteiger partial charge in [-0.1, -0.05) is 43.3 Å². The van der Waals surface area contributed by atoms with Gasteiger partial charge in [-0.25, -0.2) is 0 Å². The molecule has 0 saturated heterocycles. The third-order valence-corrected chi connectivity index (χ3v) is 7.22. The number of carbonyl (C=O) groups is 3. The summed E-state index contributed by atoms with van der Waals surface area (Å²) >= 11 is 1.30. The first-order valence-electron chi connectivity index (χ1n) is 12.2. The molecule has 0 saturated carbocycles. The molecule has 196 valence electrons. The first-order valence-corrected chi connectivity index (χ1v) is 13.1. The molecule has 37 heavy (non-hydrogen) atoms. The second-order valence-electron chi connectivity index (χ2n) is 9.57. The van der Waals surface area contributed by atoms with E-state index < -0.39 is 17.5 Å². The number of ether oxygens (including phenoxy) is 1. The number of carbonyl (C=O) groups excluding carboxylic acids is 3. The Morgan fingerprint density at radius 3 is 2.30 bits per heavy atom. The van der Waals surface area contributed by atoms with E-state index >= 15 is 0 Å². The van der Waals surface area contributed by atoms with Gasteiger partial charge < -0.3 is 15.4 Å². The van der Waals surface area contributed by atoms with Crippen molar-refractivity contribution in [2.45, 2.75) is 52.6 Å². The summed E-state index contributed by atoms with van der Waals surface area (Å²) in [7, 11) is 1.56. The molecule has 1 atom stereocenters. The Hall–Kier alpha value is -3.65. The second-order valence-corrected chi connectivity index (χ2v) is 10.5. The van der Waals surface area contributed by atoms with Crippen molar-refractivity contribution in [1.82, 2.24) is 10.6 Å². The molecule has 2 aromatic carbocycles. The Morgan fingerprint density at radius 1 is 1.03 bits per heavy atom. The molecular formula is C29H35N3O4S. The average molecular weight is 522 g/mol. The molecule has 1 heterocycles. The molecule has 7 nitrogen and oxygen atoms in total. The van der Waals surface area contributed by atoms with E-state index in [2.05, 4.69) is 10.6 Å². The highest BCUT2D eigenvalue weighted by Gasteiger charge is 2.36. The van der Waals surface area contributed by atoms with E-state index in [0.717, 1.165) is 11.1 Å². The fraction of sp³-hybridized carbons (Fsp3) is 0.345. The number of hydrogen-bond acceptors (Lipinski definition) is 5. The van der Waals surface area contributed by atoms with E-state index in [1.807, 2.05) is 58.9 Å². The predicted molar refractivity (Wildman–Crippen MR) is 148 cm³/mol. The Kier molecular flexibility index (Phi) is 9.10. The molecule has 0 spiro atoms. The number of para-hydroxylation sites is 1. The summed E-state index contributed by atoms with van der Waals surface area (Å²) in [6, 6.07) is 15.4. The molecule has 0 fully saturated rings. The minimum Gasteiger partial charge on any atom is -0.497 e. The second kappa shape index (κ2) is 12.1. The van der Waals surface area contributed by atoms with Crippen LogP contribution in [0.2, 0.25) is 0 Å². The number of benzene rings is 2. The molecule has 0 aliphatic carbocycles. The smallest absolute Gasteiger partial charge is 0.261 e. The van der Waals surface area contributed by atoms with Crippen LogP contribution in [0, 0.1) is 13.8 Å². The van der Waals surface area contributed by atoms with Crippen molar-refractivity contribution >= 4 is 34.7 Å². The molecule has 2 N–H and O–H groups in total. The van der Waals surface area contributed by atoms with Gasteiger partial charge in [-0.05, 0) is 74.4 Å². The summed E-state index contributed by atoms with van der Waals surface area (Å²) in [4.78, 5) is 42.5. The first kappa shape index (κ1) is 27.9. The normalized spacial score (nSPS) is 11.9. The standard InChI is InChI=1S/C29H35N3O4S/c1-7-29(4,5)31-28(35)26(21-13-9-14-22(17-21)36-6)32(25-19(2)11-8-12-20(25)3)24(33)18-30-27(34)23-15-10-16-37-23/h8-17,26H,7,18H2,1-6H3,(H,30,34)(H,31,35)/t26-/m0/s1. The van der Waals surface area contributed by atoms with Crippen LogP contribution in [-0.4, -0.2) is 36.9 Å². The van der Waals surface area contributed by atoms with Crippen LogP contribution < -0.4 is 20.3 Å². The van der Waals surface area contributed by atoms with Crippen molar-refractivity contribution in [2.24, 2.45) is 0 Å². The Bertz CT molecular complexity index is 1230. The van der Waals surface area contributed by atoms with Gasteiger partial charge >= 0.3 is 0 Å². The monoisotopic (exact) mass is 521 g/mol. The van der Waals surface area contributed by atoms with Crippen LogP contribution in [0.15, 0.2) is 60.0 Å². The highest BCUT2D eigenvalue weighted by Crippen LogP contribution is 2.34. The fourth-order valence-electron chi connectivity index (χ4n) is 4.04. The lowest BCUT2D eigenvalue weighted by molar-refractivity contribution is -0.127. The lowest BCUT2D eigenvalue weighted by Gasteiger charge is -2.36. The van der Waals surface area contributed by atoms with Crippen LogP contribution in [0.4, 0.5) is 5.69 Å². The molecule has 0 radical (unpaired) electrons. The number of anilines is 1. The van der Waals surface area contributed by atoms with Crippen molar-refractivity contribution in [3.63, 3.8) is 0 Å².